The molecule has 0 atom stereocenters. The van der Waals surface area contributed by atoms with Gasteiger partial charge in [0.2, 0.25) is 0 Å². The van der Waals surface area contributed by atoms with Gasteiger partial charge in [-0.3, -0.25) is 0 Å². The molecule has 0 saturated heterocycles. The molecular weight excluding hydrogens is 154 g/mol. The lowest BCUT2D eigenvalue weighted by molar-refractivity contribution is 1.36. The predicted octanol–water partition coefficient (Wildman–Crippen LogP) is 2.86. The van der Waals surface area contributed by atoms with Crippen LogP contribution in [0.2, 0.25) is 0 Å². The number of nitriles is 1. The van der Waals surface area contributed by atoms with E-state index in [4.69, 9.17) is 5.26 Å². The molecule has 58 valence electrons. The van der Waals surface area contributed by atoms with Crippen molar-refractivity contribution in [2.75, 3.05) is 6.26 Å². The lowest BCUT2D eigenvalue weighted by atomic mass is 10.2. The van der Waals surface area contributed by atoms with Crippen LogP contribution >= 0.6 is 11.8 Å². The minimum Gasteiger partial charge on any atom is -0.202 e. The predicted molar refractivity (Wildman–Crippen MR) is 49.6 cm³/mol. The molecule has 1 aromatic carbocycles. The van der Waals surface area contributed by atoms with E-state index >= 15 is 0 Å². The summed E-state index contributed by atoms with van der Waals surface area (Å²) in [5, 5.41) is 6.50. The normalized spacial score (nSPS) is 8.00. The fraction of sp³-hybridized carbons (Fsp3) is 0.222. The molecule has 0 unspecified atom stereocenters. The Morgan fingerprint density at radius 2 is 2.00 bits per heavy atom. The van der Waals surface area contributed by atoms with Crippen LogP contribution in [0.3, 0.4) is 0 Å². The van der Waals surface area contributed by atoms with E-state index in [-0.39, 0.29) is 0 Å². The second-order valence-corrected chi connectivity index (χ2v) is 2.90. The van der Waals surface area contributed by atoms with E-state index in [2.05, 4.69) is 44.0 Å². The minimum atomic E-state index is 1.34. The van der Waals surface area contributed by atoms with E-state index < -0.39 is 0 Å². The molecule has 1 rings (SSSR count). The van der Waals surface area contributed by atoms with E-state index in [0.717, 1.165) is 0 Å². The van der Waals surface area contributed by atoms with Crippen LogP contribution in [0.15, 0.2) is 29.2 Å². The second-order valence-electron chi connectivity index (χ2n) is 2.02. The maximum atomic E-state index is 6.50. The first-order chi connectivity index (χ1) is 5.33. The van der Waals surface area contributed by atoms with Crippen molar-refractivity contribution < 1.29 is 0 Å². The molecule has 0 radical (unpaired) electrons. The quantitative estimate of drug-likeness (QED) is 0.597. The van der Waals surface area contributed by atoms with Gasteiger partial charge in [-0.05, 0) is 25.3 Å². The molecule has 2 heteroatoms. The Morgan fingerprint density at radius 1 is 1.36 bits per heavy atom. The maximum absolute atomic E-state index is 6.50. The van der Waals surface area contributed by atoms with E-state index in [0.29, 0.717) is 0 Å². The molecule has 0 aromatic heterocycles. The zero-order valence-corrected chi connectivity index (χ0v) is 7.56. The third-order valence-electron chi connectivity index (χ3n) is 1.23. The second kappa shape index (κ2) is 5.82. The zero-order valence-electron chi connectivity index (χ0n) is 6.74. The summed E-state index contributed by atoms with van der Waals surface area (Å²) in [6, 6.07) is 8.50. The summed E-state index contributed by atoms with van der Waals surface area (Å²) in [7, 11) is 0. The first-order valence-electron chi connectivity index (χ1n) is 3.19. The lowest BCUT2D eigenvalue weighted by Gasteiger charge is -1.94. The van der Waals surface area contributed by atoms with Crippen LogP contribution in [0.4, 0.5) is 0 Å². The van der Waals surface area contributed by atoms with Crippen LogP contribution in [0, 0.1) is 18.8 Å². The summed E-state index contributed by atoms with van der Waals surface area (Å²) < 4.78 is 0. The number of rotatable bonds is 1. The van der Waals surface area contributed by atoms with Crippen LogP contribution < -0.4 is 0 Å². The van der Waals surface area contributed by atoms with Gasteiger partial charge in [0.25, 0.3) is 0 Å². The zero-order chi connectivity index (χ0) is 8.69. The van der Waals surface area contributed by atoms with E-state index in [1.165, 1.54) is 10.5 Å². The summed E-state index contributed by atoms with van der Waals surface area (Å²) >= 11 is 1.78. The number of nitrogens with zero attached hydrogens (tertiary/aromatic N) is 1. The number of hydrogen-bond acceptors (Lipinski definition) is 2. The third kappa shape index (κ3) is 3.69. The summed E-state index contributed by atoms with van der Waals surface area (Å²) in [5.41, 5.74) is 1.34. The van der Waals surface area contributed by atoms with Crippen molar-refractivity contribution in [3.8, 4) is 6.57 Å². The number of aryl methyl sites for hydroxylation is 1. The van der Waals surface area contributed by atoms with Crippen LogP contribution in [-0.2, 0) is 0 Å². The van der Waals surface area contributed by atoms with Crippen molar-refractivity contribution >= 4 is 11.8 Å². The van der Waals surface area contributed by atoms with Crippen LogP contribution in [0.25, 0.3) is 0 Å². The molecule has 1 aromatic rings. The Labute approximate surface area is 72.0 Å². The van der Waals surface area contributed by atoms with Crippen molar-refractivity contribution in [1.82, 2.24) is 0 Å². The van der Waals surface area contributed by atoms with Crippen molar-refractivity contribution in [3.63, 3.8) is 0 Å². The Hall–Kier alpha value is -0.940. The van der Waals surface area contributed by atoms with Crippen LogP contribution in [-0.4, -0.2) is 6.26 Å². The van der Waals surface area contributed by atoms with Gasteiger partial charge in [-0.25, -0.2) is 5.26 Å². The van der Waals surface area contributed by atoms with Crippen molar-refractivity contribution in [2.24, 2.45) is 0 Å². The molecular formula is C9H11NS. The molecule has 0 N–H and O–H groups in total. The van der Waals surface area contributed by atoms with Gasteiger partial charge in [-0.15, -0.1) is 11.8 Å². The first kappa shape index (κ1) is 10.1. The molecule has 0 aliphatic carbocycles. The summed E-state index contributed by atoms with van der Waals surface area (Å²) in [6.07, 6.45) is 2.09. The minimum absolute atomic E-state index is 1.34. The molecule has 0 aliphatic rings. The van der Waals surface area contributed by atoms with E-state index in [1.807, 2.05) is 0 Å². The molecule has 0 fully saturated rings. The molecule has 0 heterocycles. The highest BCUT2D eigenvalue weighted by Gasteiger charge is 1.86. The van der Waals surface area contributed by atoms with Gasteiger partial charge in [0.15, 0.2) is 0 Å². The average Bonchev–Trinajstić information content (AvgIpc) is 2.08. The SMILES string of the molecule is C#N.CSc1cccc(C)c1. The molecule has 11 heavy (non-hydrogen) atoms. The number of benzene rings is 1. The molecule has 0 amide bonds. The Bertz CT molecular complexity index is 230. The van der Waals surface area contributed by atoms with Gasteiger partial charge < -0.3 is 0 Å². The Kier molecular flexibility index (Phi) is 5.32. The molecule has 0 saturated carbocycles. The van der Waals surface area contributed by atoms with Gasteiger partial charge in [0, 0.05) is 11.5 Å². The van der Waals surface area contributed by atoms with Gasteiger partial charge >= 0.3 is 0 Å². The van der Waals surface area contributed by atoms with Crippen molar-refractivity contribution in [1.29, 1.82) is 5.26 Å². The fourth-order valence-electron chi connectivity index (χ4n) is 0.742. The third-order valence-corrected chi connectivity index (χ3v) is 1.95. The maximum Gasteiger partial charge on any atom is 0.0462 e. The van der Waals surface area contributed by atoms with Crippen LogP contribution in [0.1, 0.15) is 5.56 Å². The Balaban J connectivity index is 0.000000461. The molecule has 0 spiro atoms. The largest absolute Gasteiger partial charge is 0.202 e. The standard InChI is InChI=1S/C8H10S.CHN/c1-7-4-3-5-8(6-7)9-2;1-2/h3-6H,1-2H3;1H. The highest BCUT2D eigenvalue weighted by Crippen LogP contribution is 2.14. The van der Waals surface area contributed by atoms with Gasteiger partial charge in [-0.2, -0.15) is 0 Å². The van der Waals surface area contributed by atoms with Crippen LogP contribution in [0.5, 0.6) is 0 Å². The van der Waals surface area contributed by atoms with E-state index in [1.54, 1.807) is 11.8 Å². The topological polar surface area (TPSA) is 23.8 Å². The number of thioether (sulfide) groups is 1. The number of hydrogen-bond donors (Lipinski definition) is 0. The van der Waals surface area contributed by atoms with Gasteiger partial charge in [0.1, 0.15) is 0 Å². The first-order valence-corrected chi connectivity index (χ1v) is 4.42. The van der Waals surface area contributed by atoms with Gasteiger partial charge in [0.05, 0.1) is 0 Å². The molecule has 0 aliphatic heterocycles. The van der Waals surface area contributed by atoms with Crippen molar-refractivity contribution in [2.45, 2.75) is 11.8 Å². The summed E-state index contributed by atoms with van der Waals surface area (Å²) in [6.45, 7) is 5.61. The summed E-state index contributed by atoms with van der Waals surface area (Å²) in [5.74, 6) is 0. The summed E-state index contributed by atoms with van der Waals surface area (Å²) in [4.78, 5) is 1.34. The highest BCUT2D eigenvalue weighted by atomic mass is 32.2. The highest BCUT2D eigenvalue weighted by molar-refractivity contribution is 7.98. The molecule has 0 bridgehead atoms. The lowest BCUT2D eigenvalue weighted by Crippen LogP contribution is -1.71. The fourth-order valence-corrected chi connectivity index (χ4v) is 1.26. The monoisotopic (exact) mass is 165 g/mol. The Morgan fingerprint density at radius 3 is 2.36 bits per heavy atom. The van der Waals surface area contributed by atoms with Gasteiger partial charge in [-0.1, -0.05) is 17.7 Å². The van der Waals surface area contributed by atoms with E-state index in [9.17, 15) is 0 Å². The smallest absolute Gasteiger partial charge is 0.0462 e. The average molecular weight is 165 g/mol. The molecule has 1 nitrogen and oxygen atoms in total. The van der Waals surface area contributed by atoms with Crippen molar-refractivity contribution in [3.05, 3.63) is 29.8 Å².